The Balaban J connectivity index is 3.69. The van der Waals surface area contributed by atoms with Crippen LogP contribution in [-0.2, 0) is 29.5 Å². The fourth-order valence-corrected chi connectivity index (χ4v) is 10.4. The van der Waals surface area contributed by atoms with Gasteiger partial charge in [0, 0.05) is 0 Å². The molecule has 0 saturated heterocycles. The molecule has 0 amide bonds. The Labute approximate surface area is 134 Å². The summed E-state index contributed by atoms with van der Waals surface area (Å²) in [6.45, 7) is 0. The SMILES string of the molecule is O=S(=O)(C1CCCCC1)C(S(=O)(=O)C(F)(F)F)S(=O)(=O)C(F)(F)F. The van der Waals surface area contributed by atoms with E-state index < -0.39 is 62.5 Å². The average molecular weight is 426 g/mol. The van der Waals surface area contributed by atoms with Gasteiger partial charge >= 0.3 is 11.0 Å². The molecule has 1 fully saturated rings. The number of hydrogen-bond acceptors (Lipinski definition) is 6. The van der Waals surface area contributed by atoms with Crippen LogP contribution in [-0.4, -0.2) is 45.4 Å². The van der Waals surface area contributed by atoms with E-state index in [1.54, 1.807) is 0 Å². The van der Waals surface area contributed by atoms with Gasteiger partial charge in [0.2, 0.25) is 0 Å². The van der Waals surface area contributed by atoms with Gasteiger partial charge in [0.25, 0.3) is 23.6 Å². The Morgan fingerprint density at radius 1 is 0.667 bits per heavy atom. The van der Waals surface area contributed by atoms with Crippen LogP contribution in [0.15, 0.2) is 0 Å². The Bertz CT molecular complexity index is 727. The Hall–Kier alpha value is -0.570. The topological polar surface area (TPSA) is 102 Å². The van der Waals surface area contributed by atoms with Crippen LogP contribution in [0, 0.1) is 0 Å². The molecule has 0 aromatic heterocycles. The van der Waals surface area contributed by atoms with Crippen molar-refractivity contribution in [3.8, 4) is 0 Å². The van der Waals surface area contributed by atoms with Crippen LogP contribution in [0.5, 0.6) is 0 Å². The van der Waals surface area contributed by atoms with Gasteiger partial charge in [-0.3, -0.25) is 0 Å². The standard InChI is InChI=1S/C9H12F6O6S3/c10-8(11,12)23(18,19)7(24(20,21)9(13,14)15)22(16,17)6-4-2-1-3-5-6/h6-7H,1-5H2. The molecular formula is C9H12F6O6S3. The van der Waals surface area contributed by atoms with Crippen molar-refractivity contribution >= 4 is 29.5 Å². The van der Waals surface area contributed by atoms with Gasteiger partial charge < -0.3 is 0 Å². The number of hydrogen-bond donors (Lipinski definition) is 0. The monoisotopic (exact) mass is 426 g/mol. The molecule has 0 unspecified atom stereocenters. The highest BCUT2D eigenvalue weighted by Crippen LogP contribution is 2.41. The lowest BCUT2D eigenvalue weighted by molar-refractivity contribution is -0.0462. The highest BCUT2D eigenvalue weighted by atomic mass is 32.3. The maximum absolute atomic E-state index is 12.6. The molecule has 6 nitrogen and oxygen atoms in total. The van der Waals surface area contributed by atoms with Crippen molar-refractivity contribution in [2.75, 3.05) is 0 Å². The predicted octanol–water partition coefficient (Wildman–Crippen LogP) is 1.89. The summed E-state index contributed by atoms with van der Waals surface area (Å²) < 4.78 is 141. The van der Waals surface area contributed by atoms with Crippen molar-refractivity contribution in [3.05, 3.63) is 0 Å². The second-order valence-corrected chi connectivity index (χ2v) is 12.4. The zero-order valence-electron chi connectivity index (χ0n) is 11.6. The van der Waals surface area contributed by atoms with E-state index in [1.165, 1.54) is 0 Å². The summed E-state index contributed by atoms with van der Waals surface area (Å²) in [7, 11) is -20.2. The van der Waals surface area contributed by atoms with Crippen molar-refractivity contribution in [1.29, 1.82) is 0 Å². The fourth-order valence-electron chi connectivity index (χ4n) is 2.29. The van der Waals surface area contributed by atoms with Crippen LogP contribution in [0.3, 0.4) is 0 Å². The molecule has 0 radical (unpaired) electrons. The summed E-state index contributed by atoms with van der Waals surface area (Å²) in [6, 6.07) is 0. The first-order valence-corrected chi connectivity index (χ1v) is 11.0. The van der Waals surface area contributed by atoms with Crippen LogP contribution in [0.2, 0.25) is 0 Å². The molecule has 24 heavy (non-hydrogen) atoms. The molecule has 0 spiro atoms. The molecule has 0 aromatic rings. The first-order chi connectivity index (χ1) is 10.5. The quantitative estimate of drug-likeness (QED) is 0.636. The lowest BCUT2D eigenvalue weighted by Gasteiger charge is -2.27. The first-order valence-electron chi connectivity index (χ1n) is 6.30. The Morgan fingerprint density at radius 3 is 1.29 bits per heavy atom. The van der Waals surface area contributed by atoms with Gasteiger partial charge in [-0.1, -0.05) is 19.3 Å². The summed E-state index contributed by atoms with van der Waals surface area (Å²) in [6.07, 6.45) is -0.183. The largest absolute Gasteiger partial charge is 0.499 e. The van der Waals surface area contributed by atoms with Gasteiger partial charge in [-0.15, -0.1) is 0 Å². The lowest BCUT2D eigenvalue weighted by Crippen LogP contribution is -2.52. The van der Waals surface area contributed by atoms with Crippen LogP contribution in [0.4, 0.5) is 26.3 Å². The van der Waals surface area contributed by atoms with Gasteiger partial charge in [-0.25, -0.2) is 25.3 Å². The van der Waals surface area contributed by atoms with Crippen molar-refractivity contribution < 1.29 is 51.6 Å². The van der Waals surface area contributed by atoms with E-state index in [1.807, 2.05) is 0 Å². The number of sulfone groups is 3. The van der Waals surface area contributed by atoms with Crippen molar-refractivity contribution in [2.45, 2.75) is 52.3 Å². The third-order valence-corrected chi connectivity index (χ3v) is 12.3. The molecule has 0 aliphatic heterocycles. The molecule has 15 heteroatoms. The van der Waals surface area contributed by atoms with E-state index >= 15 is 0 Å². The molecule has 1 aliphatic carbocycles. The summed E-state index contributed by atoms with van der Waals surface area (Å²) in [4.78, 5) is 0. The lowest BCUT2D eigenvalue weighted by atomic mass is 10.0. The average Bonchev–Trinajstić information content (AvgIpc) is 2.36. The number of rotatable bonds is 4. The maximum atomic E-state index is 12.6. The van der Waals surface area contributed by atoms with Crippen LogP contribution in [0.25, 0.3) is 0 Å². The number of alkyl halides is 6. The summed E-state index contributed by atoms with van der Waals surface area (Å²) >= 11 is 0. The minimum atomic E-state index is -7.18. The van der Waals surface area contributed by atoms with Gasteiger partial charge in [-0.05, 0) is 12.8 Å². The van der Waals surface area contributed by atoms with E-state index in [0.717, 1.165) is 0 Å². The van der Waals surface area contributed by atoms with E-state index in [-0.39, 0.29) is 12.8 Å². The molecule has 1 saturated carbocycles. The summed E-state index contributed by atoms with van der Waals surface area (Å²) in [5.41, 5.74) is -13.0. The van der Waals surface area contributed by atoms with Crippen LogP contribution in [0.1, 0.15) is 32.1 Å². The normalized spacial score (nSPS) is 19.6. The van der Waals surface area contributed by atoms with E-state index in [0.29, 0.717) is 6.42 Å². The van der Waals surface area contributed by atoms with Crippen LogP contribution < -0.4 is 0 Å². The molecule has 0 bridgehead atoms. The minimum absolute atomic E-state index is 0.106. The number of halogens is 6. The van der Waals surface area contributed by atoms with Crippen molar-refractivity contribution in [3.63, 3.8) is 0 Å². The zero-order valence-corrected chi connectivity index (χ0v) is 14.1. The fraction of sp³-hybridized carbons (Fsp3) is 1.00. The zero-order chi connectivity index (χ0) is 19.2. The summed E-state index contributed by atoms with van der Waals surface area (Å²) in [5.74, 6) is 0. The van der Waals surface area contributed by atoms with Crippen LogP contribution >= 0.6 is 0 Å². The second-order valence-electron chi connectivity index (χ2n) is 5.12. The molecule has 144 valence electrons. The Morgan fingerprint density at radius 2 is 1.00 bits per heavy atom. The smallest absolute Gasteiger partial charge is 0.226 e. The maximum Gasteiger partial charge on any atom is 0.499 e. The highest BCUT2D eigenvalue weighted by molar-refractivity contribution is 8.24. The van der Waals surface area contributed by atoms with E-state index in [2.05, 4.69) is 0 Å². The second kappa shape index (κ2) is 6.30. The van der Waals surface area contributed by atoms with Gasteiger partial charge in [-0.2, -0.15) is 26.3 Å². The molecule has 0 atom stereocenters. The third kappa shape index (κ3) is 3.66. The highest BCUT2D eigenvalue weighted by Gasteiger charge is 2.68. The predicted molar refractivity (Wildman–Crippen MR) is 69.5 cm³/mol. The van der Waals surface area contributed by atoms with Crippen molar-refractivity contribution in [1.82, 2.24) is 0 Å². The molecular weight excluding hydrogens is 414 g/mol. The molecule has 0 heterocycles. The minimum Gasteiger partial charge on any atom is -0.226 e. The van der Waals surface area contributed by atoms with Gasteiger partial charge in [0.15, 0.2) is 9.84 Å². The Kier molecular flexibility index (Phi) is 5.64. The van der Waals surface area contributed by atoms with Gasteiger partial charge in [0.05, 0.1) is 5.25 Å². The van der Waals surface area contributed by atoms with E-state index in [9.17, 15) is 51.6 Å². The van der Waals surface area contributed by atoms with E-state index in [4.69, 9.17) is 0 Å². The summed E-state index contributed by atoms with van der Waals surface area (Å²) in [5, 5.41) is -1.91. The molecule has 1 aliphatic rings. The molecule has 0 N–H and O–H groups in total. The molecule has 0 aromatic carbocycles. The third-order valence-electron chi connectivity index (χ3n) is 3.44. The van der Waals surface area contributed by atoms with Crippen molar-refractivity contribution in [2.24, 2.45) is 0 Å². The molecule has 1 rings (SSSR count). The first kappa shape index (κ1) is 21.5. The van der Waals surface area contributed by atoms with Gasteiger partial charge in [0.1, 0.15) is 0 Å².